The van der Waals surface area contributed by atoms with E-state index in [0.29, 0.717) is 28.8 Å². The molecule has 8 nitrogen and oxygen atoms in total. The largest absolute Gasteiger partial charge is 0.497 e. The molecule has 0 saturated carbocycles. The van der Waals surface area contributed by atoms with E-state index >= 15 is 0 Å². The van der Waals surface area contributed by atoms with E-state index in [4.69, 9.17) is 21.1 Å². The molecule has 10 heteroatoms. The molecule has 3 aromatic rings. The van der Waals surface area contributed by atoms with E-state index in [2.05, 4.69) is 10.5 Å². The van der Waals surface area contributed by atoms with Crippen molar-refractivity contribution in [3.05, 3.63) is 88.9 Å². The highest BCUT2D eigenvalue weighted by atomic mass is 35.5. The number of nitrogens with zero attached hydrogens (tertiary/aromatic N) is 2. The third-order valence-electron chi connectivity index (χ3n) is 4.63. The van der Waals surface area contributed by atoms with Gasteiger partial charge in [0.15, 0.2) is 0 Å². The van der Waals surface area contributed by atoms with Gasteiger partial charge in [-0.25, -0.2) is 13.8 Å². The Balaban J connectivity index is 1.55. The van der Waals surface area contributed by atoms with Crippen molar-refractivity contribution in [3.63, 3.8) is 0 Å². The molecule has 3 rings (SSSR count). The highest BCUT2D eigenvalue weighted by Gasteiger charge is 2.21. The summed E-state index contributed by atoms with van der Waals surface area (Å²) in [4.78, 5) is 12.3. The smallest absolute Gasteiger partial charge is 0.260 e. The minimum Gasteiger partial charge on any atom is -0.497 e. The van der Waals surface area contributed by atoms with Crippen LogP contribution < -0.4 is 19.2 Å². The minimum absolute atomic E-state index is 0.315. The van der Waals surface area contributed by atoms with E-state index in [-0.39, 0.29) is 0 Å². The molecular weight excluding hydrogens is 478 g/mol. The molecule has 1 amide bonds. The third-order valence-corrected chi connectivity index (χ3v) is 6.02. The lowest BCUT2D eigenvalue weighted by Crippen LogP contribution is -2.39. The molecule has 0 saturated heterocycles. The van der Waals surface area contributed by atoms with Gasteiger partial charge in [-0.2, -0.15) is 5.10 Å². The Labute approximate surface area is 203 Å². The molecule has 0 aromatic heterocycles. The molecule has 3 aromatic carbocycles. The Morgan fingerprint density at radius 2 is 1.76 bits per heavy atom. The second kappa shape index (κ2) is 11.5. The zero-order valence-electron chi connectivity index (χ0n) is 18.6. The number of hydrogen-bond donors (Lipinski definition) is 1. The van der Waals surface area contributed by atoms with Crippen molar-refractivity contribution in [1.29, 1.82) is 0 Å². The maximum absolute atomic E-state index is 12.3. The summed E-state index contributed by atoms with van der Waals surface area (Å²) in [5.74, 6) is 0.566. The van der Waals surface area contributed by atoms with Crippen LogP contribution in [0.15, 0.2) is 77.9 Å². The van der Waals surface area contributed by atoms with Crippen LogP contribution in [-0.4, -0.2) is 40.4 Å². The maximum Gasteiger partial charge on any atom is 0.260 e. The van der Waals surface area contributed by atoms with Crippen molar-refractivity contribution in [2.24, 2.45) is 5.10 Å². The highest BCUT2D eigenvalue weighted by Crippen LogP contribution is 2.22. The van der Waals surface area contributed by atoms with Crippen LogP contribution in [-0.2, 0) is 21.4 Å². The van der Waals surface area contributed by atoms with E-state index in [1.54, 1.807) is 54.6 Å². The lowest BCUT2D eigenvalue weighted by Gasteiger charge is -2.21. The molecule has 178 valence electrons. The standard InChI is InChI=1S/C24H24ClN3O5S/c1-32-23-5-3-4-21(14-23)28(34(2,30)31)16-24(29)27-26-15-18-8-12-22(13-9-18)33-17-19-6-10-20(25)11-7-19/h3-15H,16-17H2,1-2H3,(H,27,29)/b26-15-. The van der Waals surface area contributed by atoms with Gasteiger partial charge in [0.05, 0.1) is 25.3 Å². The fourth-order valence-corrected chi connectivity index (χ4v) is 3.88. The molecule has 0 atom stereocenters. The zero-order valence-corrected chi connectivity index (χ0v) is 20.2. The molecular formula is C24H24ClN3O5S. The summed E-state index contributed by atoms with van der Waals surface area (Å²) in [6, 6.07) is 21.0. The second-order valence-electron chi connectivity index (χ2n) is 7.25. The van der Waals surface area contributed by atoms with Crippen molar-refractivity contribution >= 4 is 39.4 Å². The van der Waals surface area contributed by atoms with Gasteiger partial charge in [0.2, 0.25) is 10.0 Å². The fraction of sp³-hybridized carbons (Fsp3) is 0.167. The number of carbonyl (C=O) groups excluding carboxylic acids is 1. The average molecular weight is 502 g/mol. The number of benzene rings is 3. The molecule has 0 unspecified atom stereocenters. The van der Waals surface area contributed by atoms with Gasteiger partial charge in [-0.05, 0) is 59.7 Å². The summed E-state index contributed by atoms with van der Waals surface area (Å²) in [5, 5.41) is 4.58. The summed E-state index contributed by atoms with van der Waals surface area (Å²) in [6.07, 6.45) is 2.48. The van der Waals surface area contributed by atoms with Crippen molar-refractivity contribution in [2.75, 3.05) is 24.2 Å². The van der Waals surface area contributed by atoms with Crippen LogP contribution in [0.3, 0.4) is 0 Å². The number of ether oxygens (including phenoxy) is 2. The fourth-order valence-electron chi connectivity index (χ4n) is 2.91. The second-order valence-corrected chi connectivity index (χ2v) is 9.59. The zero-order chi connectivity index (χ0) is 24.6. The first-order valence-corrected chi connectivity index (χ1v) is 12.4. The van der Waals surface area contributed by atoms with E-state index in [9.17, 15) is 13.2 Å². The van der Waals surface area contributed by atoms with Gasteiger partial charge in [0.25, 0.3) is 5.91 Å². The van der Waals surface area contributed by atoms with E-state index in [0.717, 1.165) is 21.7 Å². The molecule has 0 fully saturated rings. The number of amides is 1. The number of methoxy groups -OCH3 is 1. The van der Waals surface area contributed by atoms with E-state index in [1.165, 1.54) is 19.4 Å². The van der Waals surface area contributed by atoms with Crippen LogP contribution in [0.4, 0.5) is 5.69 Å². The summed E-state index contributed by atoms with van der Waals surface area (Å²) in [5.41, 5.74) is 4.39. The third kappa shape index (κ3) is 7.50. The molecule has 0 radical (unpaired) electrons. The van der Waals surface area contributed by atoms with Gasteiger partial charge in [0.1, 0.15) is 24.7 Å². The lowest BCUT2D eigenvalue weighted by atomic mass is 10.2. The number of carbonyl (C=O) groups is 1. The first kappa shape index (κ1) is 25.1. The Morgan fingerprint density at radius 3 is 2.41 bits per heavy atom. The summed E-state index contributed by atoms with van der Waals surface area (Å²) in [6.45, 7) is -0.0222. The van der Waals surface area contributed by atoms with Gasteiger partial charge >= 0.3 is 0 Å². The van der Waals surface area contributed by atoms with Gasteiger partial charge in [0, 0.05) is 11.1 Å². The maximum atomic E-state index is 12.3. The molecule has 0 aliphatic rings. The molecule has 0 aliphatic carbocycles. The predicted octanol–water partition coefficient (Wildman–Crippen LogP) is 3.84. The Hall–Kier alpha value is -3.56. The molecule has 0 heterocycles. The lowest BCUT2D eigenvalue weighted by molar-refractivity contribution is -0.119. The number of sulfonamides is 1. The van der Waals surface area contributed by atoms with Crippen LogP contribution in [0, 0.1) is 0 Å². The van der Waals surface area contributed by atoms with E-state index < -0.39 is 22.5 Å². The van der Waals surface area contributed by atoms with Gasteiger partial charge in [-0.15, -0.1) is 0 Å². The SMILES string of the molecule is COc1cccc(N(CC(=O)N/N=C\c2ccc(OCc3ccc(Cl)cc3)cc2)S(C)(=O)=O)c1. The molecule has 1 N–H and O–H groups in total. The minimum atomic E-state index is -3.70. The van der Waals surface area contributed by atoms with E-state index in [1.807, 2.05) is 12.1 Å². The summed E-state index contributed by atoms with van der Waals surface area (Å²) in [7, 11) is -2.23. The van der Waals surface area contributed by atoms with Crippen LogP contribution in [0.2, 0.25) is 5.02 Å². The highest BCUT2D eigenvalue weighted by molar-refractivity contribution is 7.92. The first-order valence-electron chi connectivity index (χ1n) is 10.2. The van der Waals surface area contributed by atoms with Crippen LogP contribution in [0.25, 0.3) is 0 Å². The molecule has 0 bridgehead atoms. The van der Waals surface area contributed by atoms with Crippen molar-refractivity contribution in [3.8, 4) is 11.5 Å². The quantitative estimate of drug-likeness (QED) is 0.336. The van der Waals surface area contributed by atoms with Crippen molar-refractivity contribution in [2.45, 2.75) is 6.61 Å². The number of anilines is 1. The van der Waals surface area contributed by atoms with Crippen LogP contribution >= 0.6 is 11.6 Å². The number of halogens is 1. The first-order chi connectivity index (χ1) is 16.2. The summed E-state index contributed by atoms with van der Waals surface area (Å²) < 4.78 is 36.2. The molecule has 0 aliphatic heterocycles. The number of nitrogens with one attached hydrogen (secondary N) is 1. The number of hydrazone groups is 1. The van der Waals surface area contributed by atoms with Gasteiger partial charge < -0.3 is 9.47 Å². The number of hydrogen-bond acceptors (Lipinski definition) is 6. The van der Waals surface area contributed by atoms with Crippen LogP contribution in [0.5, 0.6) is 11.5 Å². The number of rotatable bonds is 10. The van der Waals surface area contributed by atoms with Crippen molar-refractivity contribution < 1.29 is 22.7 Å². The van der Waals surface area contributed by atoms with Gasteiger partial charge in [-0.3, -0.25) is 9.10 Å². The molecule has 0 spiro atoms. The monoisotopic (exact) mass is 501 g/mol. The normalized spacial score (nSPS) is 11.3. The summed E-state index contributed by atoms with van der Waals surface area (Å²) >= 11 is 5.88. The van der Waals surface area contributed by atoms with Crippen LogP contribution in [0.1, 0.15) is 11.1 Å². The topological polar surface area (TPSA) is 97.3 Å². The Bertz CT molecular complexity index is 1250. The average Bonchev–Trinajstić information content (AvgIpc) is 2.82. The Morgan fingerprint density at radius 1 is 1.06 bits per heavy atom. The molecule has 34 heavy (non-hydrogen) atoms. The van der Waals surface area contributed by atoms with Gasteiger partial charge in [-0.1, -0.05) is 29.8 Å². The predicted molar refractivity (Wildman–Crippen MR) is 133 cm³/mol. The van der Waals surface area contributed by atoms with Crippen molar-refractivity contribution in [1.82, 2.24) is 5.43 Å². The Kier molecular flexibility index (Phi) is 8.50.